The fourth-order valence-electron chi connectivity index (χ4n) is 3.14. The summed E-state index contributed by atoms with van der Waals surface area (Å²) in [6.07, 6.45) is 1.41. The second-order valence-corrected chi connectivity index (χ2v) is 8.14. The Morgan fingerprint density at radius 2 is 1.86 bits per heavy atom. The first kappa shape index (κ1) is 21.9. The zero-order valence-electron chi connectivity index (χ0n) is 17.2. The summed E-state index contributed by atoms with van der Waals surface area (Å²) in [5.41, 5.74) is 0.766. The molecule has 1 aliphatic rings. The smallest absolute Gasteiger partial charge is 0.309 e. The van der Waals surface area contributed by atoms with Crippen LogP contribution in [0.3, 0.4) is 0 Å². The van der Waals surface area contributed by atoms with E-state index in [2.05, 4.69) is 10.6 Å². The number of benzene rings is 1. The molecule has 1 heterocycles. The van der Waals surface area contributed by atoms with E-state index in [0.717, 1.165) is 0 Å². The minimum atomic E-state index is -0.327. The maximum Gasteiger partial charge on any atom is 0.309 e. The Morgan fingerprint density at radius 3 is 2.46 bits per heavy atom. The van der Waals surface area contributed by atoms with Crippen molar-refractivity contribution in [1.82, 2.24) is 10.2 Å². The topological polar surface area (TPSA) is 87.7 Å². The van der Waals surface area contributed by atoms with Gasteiger partial charge in [0.15, 0.2) is 0 Å². The van der Waals surface area contributed by atoms with Crippen molar-refractivity contribution in [1.29, 1.82) is 0 Å². The van der Waals surface area contributed by atoms with Crippen LogP contribution in [0.2, 0.25) is 0 Å². The lowest BCUT2D eigenvalue weighted by Gasteiger charge is -2.30. The Bertz CT molecular complexity index is 704. The Labute approximate surface area is 166 Å². The number of carbonyl (C=O) groups excluding carboxylic acids is 3. The molecule has 2 N–H and O–H groups in total. The van der Waals surface area contributed by atoms with Gasteiger partial charge in [-0.05, 0) is 71.8 Å². The molecule has 1 saturated heterocycles. The Kier molecular flexibility index (Phi) is 7.57. The molecule has 0 aliphatic carbocycles. The average molecular weight is 389 g/mol. The van der Waals surface area contributed by atoms with Gasteiger partial charge in [-0.25, -0.2) is 0 Å². The van der Waals surface area contributed by atoms with E-state index in [1.54, 1.807) is 31.2 Å². The van der Waals surface area contributed by atoms with Gasteiger partial charge < -0.3 is 15.4 Å². The van der Waals surface area contributed by atoms with E-state index in [4.69, 9.17) is 4.74 Å². The summed E-state index contributed by atoms with van der Waals surface area (Å²) in [6.45, 7) is 9.59. The monoisotopic (exact) mass is 389 g/mol. The number of rotatable bonds is 6. The van der Waals surface area contributed by atoms with Gasteiger partial charge in [-0.2, -0.15) is 0 Å². The lowest BCUT2D eigenvalue weighted by molar-refractivity contribution is -0.149. The van der Waals surface area contributed by atoms with E-state index in [1.807, 2.05) is 25.7 Å². The summed E-state index contributed by atoms with van der Waals surface area (Å²) in [5, 5.41) is 5.76. The Hall–Kier alpha value is -2.41. The molecule has 1 aromatic rings. The summed E-state index contributed by atoms with van der Waals surface area (Å²) in [6, 6.07) is 6.90. The molecule has 0 atom stereocenters. The van der Waals surface area contributed by atoms with Gasteiger partial charge in [-0.1, -0.05) is 6.07 Å². The minimum Gasteiger partial charge on any atom is -0.466 e. The molecule has 2 rings (SSSR count). The van der Waals surface area contributed by atoms with Gasteiger partial charge in [0.25, 0.3) is 5.91 Å². The second-order valence-electron chi connectivity index (χ2n) is 8.14. The van der Waals surface area contributed by atoms with E-state index < -0.39 is 0 Å². The van der Waals surface area contributed by atoms with Crippen molar-refractivity contribution >= 4 is 23.5 Å². The molecule has 1 fully saturated rings. The molecule has 0 spiro atoms. The number of nitrogens with zero attached hydrogens (tertiary/aromatic N) is 1. The largest absolute Gasteiger partial charge is 0.466 e. The SMILES string of the molecule is CCOC(=O)C1CCN(CC(=O)Nc2cccc(C(=O)NC(C)(C)C)c2)CC1. The van der Waals surface area contributed by atoms with E-state index in [0.29, 0.717) is 43.8 Å². The quantitative estimate of drug-likeness (QED) is 0.730. The molecule has 0 unspecified atom stereocenters. The molecular formula is C21H31N3O4. The van der Waals surface area contributed by atoms with Gasteiger partial charge in [0.1, 0.15) is 0 Å². The number of hydrogen-bond donors (Lipinski definition) is 2. The highest BCUT2D eigenvalue weighted by molar-refractivity contribution is 5.97. The van der Waals surface area contributed by atoms with Crippen LogP contribution in [-0.4, -0.2) is 54.5 Å². The summed E-state index contributed by atoms with van der Waals surface area (Å²) >= 11 is 0. The predicted octanol–water partition coefficient (Wildman–Crippen LogP) is 2.43. The van der Waals surface area contributed by atoms with Crippen LogP contribution < -0.4 is 10.6 Å². The van der Waals surface area contributed by atoms with Gasteiger partial charge in [-0.3, -0.25) is 19.3 Å². The van der Waals surface area contributed by atoms with Crippen LogP contribution in [0.5, 0.6) is 0 Å². The average Bonchev–Trinajstić information content (AvgIpc) is 2.61. The molecule has 2 amide bonds. The molecule has 1 aliphatic heterocycles. The highest BCUT2D eigenvalue weighted by Gasteiger charge is 2.26. The Balaban J connectivity index is 1.85. The first-order chi connectivity index (χ1) is 13.2. The van der Waals surface area contributed by atoms with Crippen molar-refractivity contribution in [2.75, 3.05) is 31.6 Å². The zero-order valence-corrected chi connectivity index (χ0v) is 17.2. The highest BCUT2D eigenvalue weighted by Crippen LogP contribution is 2.19. The fraction of sp³-hybridized carbons (Fsp3) is 0.571. The van der Waals surface area contributed by atoms with E-state index in [-0.39, 0.29) is 35.8 Å². The minimum absolute atomic E-state index is 0.0720. The number of likely N-dealkylation sites (tertiary alicyclic amines) is 1. The maximum absolute atomic E-state index is 12.4. The lowest BCUT2D eigenvalue weighted by atomic mass is 9.97. The summed E-state index contributed by atoms with van der Waals surface area (Å²) in [5.74, 6) is -0.526. The van der Waals surface area contributed by atoms with Crippen LogP contribution in [0, 0.1) is 5.92 Å². The van der Waals surface area contributed by atoms with Crippen molar-refractivity contribution < 1.29 is 19.1 Å². The van der Waals surface area contributed by atoms with Crippen LogP contribution in [0.25, 0.3) is 0 Å². The summed E-state index contributed by atoms with van der Waals surface area (Å²) in [4.78, 5) is 38.5. The summed E-state index contributed by atoms with van der Waals surface area (Å²) < 4.78 is 5.07. The zero-order chi connectivity index (χ0) is 20.7. The number of carbonyl (C=O) groups is 3. The molecule has 7 heteroatoms. The number of ether oxygens (including phenoxy) is 1. The van der Waals surface area contributed by atoms with Crippen LogP contribution in [0.15, 0.2) is 24.3 Å². The molecule has 0 aromatic heterocycles. The van der Waals surface area contributed by atoms with Gasteiger partial charge in [0.2, 0.25) is 5.91 Å². The van der Waals surface area contributed by atoms with Crippen LogP contribution in [-0.2, 0) is 14.3 Å². The number of esters is 1. The molecule has 0 radical (unpaired) electrons. The van der Waals surface area contributed by atoms with Crippen molar-refractivity contribution in [3.8, 4) is 0 Å². The number of amides is 2. The predicted molar refractivity (Wildman–Crippen MR) is 108 cm³/mol. The van der Waals surface area contributed by atoms with Crippen molar-refractivity contribution in [3.63, 3.8) is 0 Å². The number of hydrogen-bond acceptors (Lipinski definition) is 5. The molecule has 7 nitrogen and oxygen atoms in total. The molecule has 28 heavy (non-hydrogen) atoms. The lowest BCUT2D eigenvalue weighted by Crippen LogP contribution is -2.41. The van der Waals surface area contributed by atoms with Crippen molar-refractivity contribution in [2.24, 2.45) is 5.92 Å². The molecule has 0 bridgehead atoms. The molecule has 0 saturated carbocycles. The molecule has 1 aromatic carbocycles. The second kappa shape index (κ2) is 9.68. The third kappa shape index (κ3) is 6.96. The Morgan fingerprint density at radius 1 is 1.18 bits per heavy atom. The highest BCUT2D eigenvalue weighted by atomic mass is 16.5. The number of piperidine rings is 1. The van der Waals surface area contributed by atoms with Crippen molar-refractivity contribution in [2.45, 2.75) is 46.1 Å². The van der Waals surface area contributed by atoms with Crippen LogP contribution in [0.1, 0.15) is 50.9 Å². The van der Waals surface area contributed by atoms with E-state index in [9.17, 15) is 14.4 Å². The first-order valence-electron chi connectivity index (χ1n) is 9.79. The molecule has 154 valence electrons. The van der Waals surface area contributed by atoms with Crippen LogP contribution >= 0.6 is 0 Å². The van der Waals surface area contributed by atoms with E-state index in [1.165, 1.54) is 0 Å². The molecular weight excluding hydrogens is 358 g/mol. The normalized spacial score (nSPS) is 15.7. The van der Waals surface area contributed by atoms with Gasteiger partial charge >= 0.3 is 5.97 Å². The van der Waals surface area contributed by atoms with Gasteiger partial charge in [0.05, 0.1) is 19.1 Å². The van der Waals surface area contributed by atoms with E-state index >= 15 is 0 Å². The number of nitrogens with one attached hydrogen (secondary N) is 2. The van der Waals surface area contributed by atoms with Gasteiger partial charge in [0, 0.05) is 16.8 Å². The van der Waals surface area contributed by atoms with Crippen LogP contribution in [0.4, 0.5) is 5.69 Å². The first-order valence-corrected chi connectivity index (χ1v) is 9.79. The number of anilines is 1. The third-order valence-electron chi connectivity index (χ3n) is 4.47. The third-order valence-corrected chi connectivity index (χ3v) is 4.47. The standard InChI is InChI=1S/C21H31N3O4/c1-5-28-20(27)15-9-11-24(12-10-15)14-18(25)22-17-8-6-7-16(13-17)19(26)23-21(2,3)4/h6-8,13,15H,5,9-12,14H2,1-4H3,(H,22,25)(H,23,26). The fourth-order valence-corrected chi connectivity index (χ4v) is 3.14. The van der Waals surface area contributed by atoms with Crippen molar-refractivity contribution in [3.05, 3.63) is 29.8 Å². The maximum atomic E-state index is 12.4. The van der Waals surface area contributed by atoms with Gasteiger partial charge in [-0.15, -0.1) is 0 Å². The summed E-state index contributed by atoms with van der Waals surface area (Å²) in [7, 11) is 0.